The minimum atomic E-state index is -0.645. The first-order chi connectivity index (χ1) is 8.15. The Hall–Kier alpha value is -1.14. The van der Waals surface area contributed by atoms with Crippen molar-refractivity contribution < 1.29 is 19.6 Å². The number of ether oxygens (including phenoxy) is 1. The van der Waals surface area contributed by atoms with Crippen molar-refractivity contribution in [3.63, 3.8) is 0 Å². The van der Waals surface area contributed by atoms with Gasteiger partial charge < -0.3 is 24.8 Å². The fourth-order valence-corrected chi connectivity index (χ4v) is 1.78. The summed E-state index contributed by atoms with van der Waals surface area (Å²) in [4.78, 5) is 0. The molecule has 0 bridgehead atoms. The van der Waals surface area contributed by atoms with Crippen LogP contribution in [0.5, 0.6) is 5.75 Å². The summed E-state index contributed by atoms with van der Waals surface area (Å²) in [6.45, 7) is -0.0698. The van der Waals surface area contributed by atoms with Crippen molar-refractivity contribution in [2.75, 3.05) is 33.4 Å². The van der Waals surface area contributed by atoms with Gasteiger partial charge in [0.2, 0.25) is 0 Å². The molecular weight excluding hydrogens is 222 g/mol. The van der Waals surface area contributed by atoms with Gasteiger partial charge in [0, 0.05) is 5.56 Å². The molecule has 0 radical (unpaired) electrons. The van der Waals surface area contributed by atoms with Gasteiger partial charge in [-0.1, -0.05) is 12.1 Å². The average molecular weight is 241 g/mol. The van der Waals surface area contributed by atoms with Crippen molar-refractivity contribution in [3.05, 3.63) is 35.0 Å². The molecule has 0 unspecified atom stereocenters. The minimum absolute atomic E-state index is 0.0681. The summed E-state index contributed by atoms with van der Waals surface area (Å²) in [5, 5.41) is 30.1. The predicted octanol–water partition coefficient (Wildman–Crippen LogP) is 0.494. The van der Waals surface area contributed by atoms with Crippen LogP contribution in [0.15, 0.2) is 24.3 Å². The van der Waals surface area contributed by atoms with Crippen LogP contribution in [0, 0.1) is 5.21 Å². The highest BCUT2D eigenvalue weighted by Gasteiger charge is 2.18. The number of nitrogens with zero attached hydrogens (tertiary/aromatic N) is 1. The standard InChI is InChI=1S/C12H19NO4/c1-17-12-5-3-2-4-11(12)10-13(16,6-8-14)7-9-15/h2-5,14-15H,6-10H2,1H3. The van der Waals surface area contributed by atoms with Crippen LogP contribution in [-0.2, 0) is 6.54 Å². The summed E-state index contributed by atoms with van der Waals surface area (Å²) in [6, 6.07) is 7.27. The average Bonchev–Trinajstić information content (AvgIpc) is 2.30. The van der Waals surface area contributed by atoms with Crippen LogP contribution in [0.1, 0.15) is 5.56 Å². The number of rotatable bonds is 7. The predicted molar refractivity (Wildman–Crippen MR) is 64.2 cm³/mol. The fourth-order valence-electron chi connectivity index (χ4n) is 1.78. The molecule has 0 spiro atoms. The highest BCUT2D eigenvalue weighted by molar-refractivity contribution is 5.32. The SMILES string of the molecule is COc1ccccc1C[N+]([O-])(CCO)CCO. The number of hydrogen-bond acceptors (Lipinski definition) is 4. The van der Waals surface area contributed by atoms with Crippen LogP contribution < -0.4 is 4.74 Å². The van der Waals surface area contributed by atoms with Crippen LogP contribution >= 0.6 is 0 Å². The van der Waals surface area contributed by atoms with Gasteiger partial charge in [-0.2, -0.15) is 0 Å². The van der Waals surface area contributed by atoms with Crippen LogP contribution in [0.25, 0.3) is 0 Å². The van der Waals surface area contributed by atoms with Gasteiger partial charge in [-0.05, 0) is 12.1 Å². The van der Waals surface area contributed by atoms with E-state index in [0.717, 1.165) is 5.56 Å². The topological polar surface area (TPSA) is 72.8 Å². The zero-order valence-corrected chi connectivity index (χ0v) is 10.0. The van der Waals surface area contributed by atoms with E-state index in [0.29, 0.717) is 5.75 Å². The monoisotopic (exact) mass is 241 g/mol. The number of hydrogen-bond donors (Lipinski definition) is 2. The van der Waals surface area contributed by atoms with Gasteiger partial charge in [0.15, 0.2) is 0 Å². The maximum absolute atomic E-state index is 12.3. The number of benzene rings is 1. The molecule has 5 nitrogen and oxygen atoms in total. The second-order valence-electron chi connectivity index (χ2n) is 3.92. The highest BCUT2D eigenvalue weighted by atomic mass is 16.5. The molecule has 0 aliphatic carbocycles. The number of aliphatic hydroxyl groups is 2. The lowest BCUT2D eigenvalue weighted by atomic mass is 10.2. The maximum Gasteiger partial charge on any atom is 0.127 e. The van der Waals surface area contributed by atoms with Crippen molar-refractivity contribution in [3.8, 4) is 5.75 Å². The summed E-state index contributed by atoms with van der Waals surface area (Å²) in [5.41, 5.74) is 0.784. The van der Waals surface area contributed by atoms with E-state index in [9.17, 15) is 5.21 Å². The summed E-state index contributed by atoms with van der Waals surface area (Å²) in [6.07, 6.45) is 0. The number of hydroxylamine groups is 3. The van der Waals surface area contributed by atoms with Crippen LogP contribution in [0.3, 0.4) is 0 Å². The Morgan fingerprint density at radius 3 is 2.29 bits per heavy atom. The van der Waals surface area contributed by atoms with Gasteiger partial charge in [-0.25, -0.2) is 0 Å². The van der Waals surface area contributed by atoms with E-state index in [-0.39, 0.29) is 32.8 Å². The van der Waals surface area contributed by atoms with E-state index in [1.165, 1.54) is 0 Å². The van der Waals surface area contributed by atoms with Crippen molar-refractivity contribution in [2.45, 2.75) is 6.54 Å². The Bertz CT molecular complexity index is 337. The Labute approximate surface area is 101 Å². The third-order valence-electron chi connectivity index (χ3n) is 2.67. The first-order valence-corrected chi connectivity index (χ1v) is 5.56. The lowest BCUT2D eigenvalue weighted by Gasteiger charge is -2.42. The van der Waals surface area contributed by atoms with Crippen molar-refractivity contribution in [1.82, 2.24) is 0 Å². The van der Waals surface area contributed by atoms with E-state index in [1.807, 2.05) is 18.2 Å². The zero-order chi connectivity index (χ0) is 12.7. The van der Waals surface area contributed by atoms with Crippen molar-refractivity contribution in [2.24, 2.45) is 0 Å². The molecule has 0 fully saturated rings. The molecule has 0 aliphatic heterocycles. The molecule has 0 amide bonds. The Balaban J connectivity index is 2.85. The molecule has 0 aliphatic rings. The van der Waals surface area contributed by atoms with Gasteiger partial charge in [-0.3, -0.25) is 0 Å². The first kappa shape index (κ1) is 13.9. The molecule has 1 rings (SSSR count). The number of methoxy groups -OCH3 is 1. The van der Waals surface area contributed by atoms with Gasteiger partial charge >= 0.3 is 0 Å². The molecule has 0 aromatic heterocycles. The summed E-state index contributed by atoms with van der Waals surface area (Å²) in [5.74, 6) is 0.654. The molecule has 0 heterocycles. The van der Waals surface area contributed by atoms with Gasteiger partial charge in [0.1, 0.15) is 25.4 Å². The summed E-state index contributed by atoms with van der Waals surface area (Å²) >= 11 is 0. The molecule has 17 heavy (non-hydrogen) atoms. The van der Waals surface area contributed by atoms with E-state index >= 15 is 0 Å². The first-order valence-electron chi connectivity index (χ1n) is 5.56. The number of para-hydroxylation sites is 1. The second kappa shape index (κ2) is 6.56. The lowest BCUT2D eigenvalue weighted by molar-refractivity contribution is -0.894. The molecule has 1 aromatic rings. The summed E-state index contributed by atoms with van der Waals surface area (Å²) in [7, 11) is 1.55. The molecule has 2 N–H and O–H groups in total. The van der Waals surface area contributed by atoms with Crippen LogP contribution in [0.2, 0.25) is 0 Å². The molecular formula is C12H19NO4. The molecule has 96 valence electrons. The van der Waals surface area contributed by atoms with Gasteiger partial charge in [-0.15, -0.1) is 0 Å². The zero-order valence-electron chi connectivity index (χ0n) is 10.0. The van der Waals surface area contributed by atoms with E-state index < -0.39 is 4.65 Å². The van der Waals surface area contributed by atoms with E-state index in [1.54, 1.807) is 13.2 Å². The van der Waals surface area contributed by atoms with Crippen molar-refractivity contribution in [1.29, 1.82) is 0 Å². The Kier molecular flexibility index (Phi) is 5.37. The second-order valence-corrected chi connectivity index (χ2v) is 3.92. The quantitative estimate of drug-likeness (QED) is 0.538. The van der Waals surface area contributed by atoms with Crippen LogP contribution in [-0.4, -0.2) is 48.3 Å². The van der Waals surface area contributed by atoms with E-state index in [2.05, 4.69) is 0 Å². The highest BCUT2D eigenvalue weighted by Crippen LogP contribution is 2.22. The van der Waals surface area contributed by atoms with Gasteiger partial charge in [0.25, 0.3) is 0 Å². The third-order valence-corrected chi connectivity index (χ3v) is 2.67. The Morgan fingerprint density at radius 2 is 1.76 bits per heavy atom. The van der Waals surface area contributed by atoms with Crippen molar-refractivity contribution >= 4 is 0 Å². The largest absolute Gasteiger partial charge is 0.632 e. The lowest BCUT2D eigenvalue weighted by Crippen LogP contribution is -2.45. The molecule has 0 saturated carbocycles. The van der Waals surface area contributed by atoms with Crippen LogP contribution in [0.4, 0.5) is 0 Å². The molecule has 0 atom stereocenters. The number of aliphatic hydroxyl groups excluding tert-OH is 2. The molecule has 5 heteroatoms. The van der Waals surface area contributed by atoms with Gasteiger partial charge in [0.05, 0.1) is 20.3 Å². The Morgan fingerprint density at radius 1 is 1.18 bits per heavy atom. The third kappa shape index (κ3) is 3.98. The van der Waals surface area contributed by atoms with E-state index in [4.69, 9.17) is 14.9 Å². The fraction of sp³-hybridized carbons (Fsp3) is 0.500. The smallest absolute Gasteiger partial charge is 0.127 e. The maximum atomic E-state index is 12.3. The summed E-state index contributed by atoms with van der Waals surface area (Å²) < 4.78 is 4.53. The molecule has 1 aromatic carbocycles. The molecule has 0 saturated heterocycles. The minimum Gasteiger partial charge on any atom is -0.632 e. The normalized spacial score (nSPS) is 11.5. The number of quaternary nitrogens is 1.